The Kier molecular flexibility index (Phi) is 6.81. The molecule has 0 radical (unpaired) electrons. The van der Waals surface area contributed by atoms with Crippen molar-refractivity contribution in [2.75, 3.05) is 43.9 Å². The zero-order chi connectivity index (χ0) is 24.4. The van der Waals surface area contributed by atoms with Gasteiger partial charge in [0.2, 0.25) is 0 Å². The van der Waals surface area contributed by atoms with E-state index in [0.29, 0.717) is 0 Å². The molecule has 1 saturated heterocycles. The van der Waals surface area contributed by atoms with E-state index in [-0.39, 0.29) is 42.4 Å². The number of amides is 1. The fraction of sp³-hybridized carbons (Fsp3) is 0.350. The Morgan fingerprint density at radius 1 is 1.12 bits per heavy atom. The normalized spacial score (nSPS) is 14.8. The number of alkyl halides is 3. The lowest BCUT2D eigenvalue weighted by atomic mass is 10.2. The van der Waals surface area contributed by atoms with Gasteiger partial charge in [-0.2, -0.15) is 13.2 Å². The third kappa shape index (κ3) is 5.72. The Bertz CT molecular complexity index is 1160. The van der Waals surface area contributed by atoms with Gasteiger partial charge in [-0.25, -0.2) is 8.42 Å². The molecular weight excluding hydrogens is 467 g/mol. The van der Waals surface area contributed by atoms with E-state index < -0.39 is 44.8 Å². The summed E-state index contributed by atoms with van der Waals surface area (Å²) in [6.45, 7) is 0.159. The molecule has 0 unspecified atom stereocenters. The molecule has 2 aromatic carbocycles. The quantitative estimate of drug-likeness (QED) is 0.455. The third-order valence-electron chi connectivity index (χ3n) is 5.09. The molecule has 13 heteroatoms. The van der Waals surface area contributed by atoms with Crippen LogP contribution in [0, 0.1) is 10.1 Å². The number of nitrogens with zero attached hydrogens (tertiary/aromatic N) is 3. The number of anilines is 1. The summed E-state index contributed by atoms with van der Waals surface area (Å²) in [5.74, 6) is -0.966. The molecule has 1 amide bonds. The van der Waals surface area contributed by atoms with Crippen LogP contribution in [0.25, 0.3) is 0 Å². The van der Waals surface area contributed by atoms with Gasteiger partial charge in [0.25, 0.3) is 11.6 Å². The number of halogens is 3. The second kappa shape index (κ2) is 9.25. The van der Waals surface area contributed by atoms with Crippen LogP contribution < -0.4 is 9.64 Å². The van der Waals surface area contributed by atoms with Crippen LogP contribution in [0.2, 0.25) is 0 Å². The first-order valence-corrected chi connectivity index (χ1v) is 11.6. The maximum atomic E-state index is 13.0. The topological polar surface area (TPSA) is 110 Å². The van der Waals surface area contributed by atoms with E-state index in [2.05, 4.69) is 0 Å². The highest BCUT2D eigenvalue weighted by molar-refractivity contribution is 7.90. The number of piperazine rings is 1. The average molecular weight is 487 g/mol. The summed E-state index contributed by atoms with van der Waals surface area (Å²) in [5, 5.41) is 11.5. The van der Waals surface area contributed by atoms with Crippen LogP contribution in [-0.2, 0) is 20.8 Å². The predicted octanol–water partition coefficient (Wildman–Crippen LogP) is 2.74. The lowest BCUT2D eigenvalue weighted by Crippen LogP contribution is -2.50. The monoisotopic (exact) mass is 487 g/mol. The molecule has 0 bridgehead atoms. The number of benzene rings is 2. The molecule has 1 heterocycles. The first kappa shape index (κ1) is 24.3. The molecule has 3 rings (SSSR count). The van der Waals surface area contributed by atoms with Crippen molar-refractivity contribution in [2.24, 2.45) is 0 Å². The lowest BCUT2D eigenvalue weighted by Gasteiger charge is -2.35. The Balaban J connectivity index is 1.65. The van der Waals surface area contributed by atoms with Gasteiger partial charge in [-0.05, 0) is 24.3 Å². The fourth-order valence-corrected chi connectivity index (χ4v) is 4.04. The number of carbonyl (C=O) groups excluding carboxylic acids is 1. The van der Waals surface area contributed by atoms with Crippen LogP contribution >= 0.6 is 0 Å². The van der Waals surface area contributed by atoms with Crippen molar-refractivity contribution in [3.05, 3.63) is 58.1 Å². The molecule has 1 fully saturated rings. The number of nitro benzene ring substituents is 1. The standard InChI is InChI=1S/C20H20F3N3O6S/c1-33(30,31)14-6-7-16(17(12-14)26(28)29)24-8-10-25(11-9-24)19(27)13-32-18-5-3-2-4-15(18)20(21,22)23/h2-7,12H,8-11,13H2,1H3. The number of ether oxygens (including phenoxy) is 1. The molecule has 0 aromatic heterocycles. The Morgan fingerprint density at radius 3 is 2.33 bits per heavy atom. The molecule has 33 heavy (non-hydrogen) atoms. The molecule has 0 N–H and O–H groups in total. The summed E-state index contributed by atoms with van der Waals surface area (Å²) in [7, 11) is -3.63. The van der Waals surface area contributed by atoms with Crippen LogP contribution in [-0.4, -0.2) is 63.2 Å². The molecule has 0 spiro atoms. The van der Waals surface area contributed by atoms with Crippen molar-refractivity contribution in [3.63, 3.8) is 0 Å². The van der Waals surface area contributed by atoms with E-state index in [1.165, 1.54) is 29.2 Å². The Morgan fingerprint density at radius 2 is 1.76 bits per heavy atom. The van der Waals surface area contributed by atoms with Gasteiger partial charge in [0, 0.05) is 38.5 Å². The summed E-state index contributed by atoms with van der Waals surface area (Å²) < 4.78 is 67.7. The molecule has 1 aliphatic rings. The van der Waals surface area contributed by atoms with E-state index >= 15 is 0 Å². The molecule has 0 aliphatic carbocycles. The van der Waals surface area contributed by atoms with E-state index in [4.69, 9.17) is 4.74 Å². The molecule has 1 aliphatic heterocycles. The van der Waals surface area contributed by atoms with Crippen molar-refractivity contribution < 1.29 is 36.0 Å². The molecule has 178 valence electrons. The smallest absolute Gasteiger partial charge is 0.419 e. The largest absolute Gasteiger partial charge is 0.483 e. The van der Waals surface area contributed by atoms with Crippen molar-refractivity contribution in [3.8, 4) is 5.75 Å². The number of sulfone groups is 1. The van der Waals surface area contributed by atoms with Gasteiger partial charge >= 0.3 is 6.18 Å². The maximum Gasteiger partial charge on any atom is 0.419 e. The predicted molar refractivity (Wildman–Crippen MR) is 112 cm³/mol. The summed E-state index contributed by atoms with van der Waals surface area (Å²) >= 11 is 0. The second-order valence-electron chi connectivity index (χ2n) is 7.33. The van der Waals surface area contributed by atoms with Crippen LogP contribution in [0.3, 0.4) is 0 Å². The van der Waals surface area contributed by atoms with Gasteiger partial charge < -0.3 is 14.5 Å². The first-order chi connectivity index (χ1) is 15.4. The van der Waals surface area contributed by atoms with Crippen molar-refractivity contribution in [2.45, 2.75) is 11.1 Å². The van der Waals surface area contributed by atoms with Gasteiger partial charge in [-0.1, -0.05) is 12.1 Å². The number of nitro groups is 1. The average Bonchev–Trinajstić information content (AvgIpc) is 2.76. The minimum atomic E-state index is -4.62. The summed E-state index contributed by atoms with van der Waals surface area (Å²) in [6, 6.07) is 8.21. The van der Waals surface area contributed by atoms with Crippen LogP contribution in [0.1, 0.15) is 5.56 Å². The minimum Gasteiger partial charge on any atom is -0.483 e. The van der Waals surface area contributed by atoms with E-state index in [1.54, 1.807) is 4.90 Å². The highest BCUT2D eigenvalue weighted by Gasteiger charge is 2.34. The highest BCUT2D eigenvalue weighted by Crippen LogP contribution is 2.36. The number of rotatable bonds is 6. The number of hydrogen-bond acceptors (Lipinski definition) is 7. The highest BCUT2D eigenvalue weighted by atomic mass is 32.2. The van der Waals surface area contributed by atoms with Crippen molar-refractivity contribution >= 4 is 27.1 Å². The minimum absolute atomic E-state index is 0.161. The third-order valence-corrected chi connectivity index (χ3v) is 6.20. The van der Waals surface area contributed by atoms with E-state index in [0.717, 1.165) is 24.5 Å². The number of para-hydroxylation sites is 1. The Hall–Kier alpha value is -3.35. The van der Waals surface area contributed by atoms with Crippen LogP contribution in [0.15, 0.2) is 47.4 Å². The second-order valence-corrected chi connectivity index (χ2v) is 9.35. The molecule has 0 atom stereocenters. The van der Waals surface area contributed by atoms with E-state index in [9.17, 15) is 36.5 Å². The van der Waals surface area contributed by atoms with Crippen molar-refractivity contribution in [1.29, 1.82) is 0 Å². The number of carbonyl (C=O) groups is 1. The molecular formula is C20H20F3N3O6S. The van der Waals surface area contributed by atoms with Crippen molar-refractivity contribution in [1.82, 2.24) is 4.90 Å². The number of hydrogen-bond donors (Lipinski definition) is 0. The maximum absolute atomic E-state index is 13.0. The van der Waals surface area contributed by atoms with Crippen LogP contribution in [0.4, 0.5) is 24.5 Å². The zero-order valence-corrected chi connectivity index (χ0v) is 18.2. The van der Waals surface area contributed by atoms with Gasteiger partial charge in [-0.15, -0.1) is 0 Å². The molecule has 0 saturated carbocycles. The Labute approximate surface area is 187 Å². The molecule has 9 nitrogen and oxygen atoms in total. The first-order valence-electron chi connectivity index (χ1n) is 9.68. The fourth-order valence-electron chi connectivity index (χ4n) is 3.40. The van der Waals surface area contributed by atoms with Gasteiger partial charge in [0.1, 0.15) is 11.4 Å². The SMILES string of the molecule is CS(=O)(=O)c1ccc(N2CCN(C(=O)COc3ccccc3C(F)(F)F)CC2)c([N+](=O)[O-])c1. The van der Waals surface area contributed by atoms with Gasteiger partial charge in [0.05, 0.1) is 15.4 Å². The zero-order valence-electron chi connectivity index (χ0n) is 17.4. The van der Waals surface area contributed by atoms with Gasteiger partial charge in [0.15, 0.2) is 16.4 Å². The summed E-state index contributed by atoms with van der Waals surface area (Å²) in [4.78, 5) is 26.1. The summed E-state index contributed by atoms with van der Waals surface area (Å²) in [5.41, 5.74) is -1.13. The summed E-state index contributed by atoms with van der Waals surface area (Å²) in [6.07, 6.45) is -3.67. The van der Waals surface area contributed by atoms with E-state index in [1.807, 2.05) is 0 Å². The molecule has 2 aromatic rings. The lowest BCUT2D eigenvalue weighted by molar-refractivity contribution is -0.384. The van der Waals surface area contributed by atoms with Gasteiger partial charge in [-0.3, -0.25) is 14.9 Å². The van der Waals surface area contributed by atoms with Crippen LogP contribution in [0.5, 0.6) is 5.75 Å².